The van der Waals surface area contributed by atoms with Crippen molar-refractivity contribution in [2.45, 2.75) is 26.1 Å². The number of hydrogen-bond donors (Lipinski definition) is 0. The van der Waals surface area contributed by atoms with Gasteiger partial charge >= 0.3 is 6.18 Å². The first-order valence-electron chi connectivity index (χ1n) is 6.58. The van der Waals surface area contributed by atoms with Crippen LogP contribution in [0.1, 0.15) is 19.4 Å². The van der Waals surface area contributed by atoms with E-state index in [-0.39, 0.29) is 6.04 Å². The fourth-order valence-electron chi connectivity index (χ4n) is 2.37. The topological polar surface area (TPSA) is 27.0 Å². The first-order valence-corrected chi connectivity index (χ1v) is 6.58. The van der Waals surface area contributed by atoms with Crippen molar-refractivity contribution in [1.82, 2.24) is 0 Å². The molecule has 0 bridgehead atoms. The van der Waals surface area contributed by atoms with Crippen molar-refractivity contribution < 1.29 is 13.2 Å². The number of nitriles is 1. The lowest BCUT2D eigenvalue weighted by Gasteiger charge is -2.31. The molecule has 0 spiro atoms. The van der Waals surface area contributed by atoms with Gasteiger partial charge in [-0.1, -0.05) is 24.3 Å². The van der Waals surface area contributed by atoms with Gasteiger partial charge in [0.1, 0.15) is 6.54 Å². The fourth-order valence-corrected chi connectivity index (χ4v) is 2.37. The van der Waals surface area contributed by atoms with Crippen LogP contribution in [0.25, 0.3) is 10.8 Å². The van der Waals surface area contributed by atoms with Crippen LogP contribution in [0.3, 0.4) is 0 Å². The summed E-state index contributed by atoms with van der Waals surface area (Å²) in [5, 5.41) is 10.5. The van der Waals surface area contributed by atoms with Crippen LogP contribution in [0.5, 0.6) is 0 Å². The lowest BCUT2D eigenvalue weighted by molar-refractivity contribution is -0.120. The minimum absolute atomic E-state index is 0.303. The van der Waals surface area contributed by atoms with Crippen LogP contribution >= 0.6 is 0 Å². The van der Waals surface area contributed by atoms with E-state index < -0.39 is 12.7 Å². The number of anilines is 1. The number of benzene rings is 2. The van der Waals surface area contributed by atoms with Crippen molar-refractivity contribution in [3.8, 4) is 6.07 Å². The molecule has 0 aliphatic carbocycles. The minimum Gasteiger partial charge on any atom is -0.360 e. The Morgan fingerprint density at radius 2 is 1.71 bits per heavy atom. The summed E-state index contributed by atoms with van der Waals surface area (Å²) < 4.78 is 38.4. The van der Waals surface area contributed by atoms with Crippen LogP contribution in [0.2, 0.25) is 0 Å². The van der Waals surface area contributed by atoms with Crippen LogP contribution < -0.4 is 4.90 Å². The molecule has 21 heavy (non-hydrogen) atoms. The third kappa shape index (κ3) is 3.27. The highest BCUT2D eigenvalue weighted by molar-refractivity contribution is 5.97. The molecular weight excluding hydrogens is 277 g/mol. The highest BCUT2D eigenvalue weighted by atomic mass is 19.4. The molecule has 0 aliphatic rings. The molecular formula is C16H15F3N2. The lowest BCUT2D eigenvalue weighted by atomic mass is 10.0. The van der Waals surface area contributed by atoms with E-state index in [1.54, 1.807) is 50.2 Å². The van der Waals surface area contributed by atoms with E-state index in [1.165, 1.54) is 4.90 Å². The third-order valence-corrected chi connectivity index (χ3v) is 3.30. The van der Waals surface area contributed by atoms with Crippen molar-refractivity contribution in [1.29, 1.82) is 5.26 Å². The number of fused-ring (bicyclic) bond motifs is 1. The number of hydrogen-bond acceptors (Lipinski definition) is 2. The quantitative estimate of drug-likeness (QED) is 0.833. The Morgan fingerprint density at radius 1 is 1.10 bits per heavy atom. The summed E-state index contributed by atoms with van der Waals surface area (Å²) >= 11 is 0. The SMILES string of the molecule is CC(C)N(CC(F)(F)F)c1ccc(C#N)c2ccccc12. The van der Waals surface area contributed by atoms with E-state index in [9.17, 15) is 13.2 Å². The molecule has 2 aromatic rings. The van der Waals surface area contributed by atoms with Gasteiger partial charge in [0.25, 0.3) is 0 Å². The normalized spacial score (nSPS) is 11.7. The second-order valence-corrected chi connectivity index (χ2v) is 5.13. The summed E-state index contributed by atoms with van der Waals surface area (Å²) in [7, 11) is 0. The average molecular weight is 292 g/mol. The van der Waals surface area contributed by atoms with E-state index in [4.69, 9.17) is 5.26 Å². The van der Waals surface area contributed by atoms with Crippen LogP contribution in [0.15, 0.2) is 36.4 Å². The van der Waals surface area contributed by atoms with E-state index in [1.807, 2.05) is 0 Å². The molecule has 110 valence electrons. The molecule has 0 heterocycles. The van der Waals surface area contributed by atoms with Crippen molar-refractivity contribution in [2.75, 3.05) is 11.4 Å². The van der Waals surface area contributed by atoms with Crippen LogP contribution in [0.4, 0.5) is 18.9 Å². The van der Waals surface area contributed by atoms with Gasteiger partial charge in [-0.25, -0.2) is 0 Å². The fraction of sp³-hybridized carbons (Fsp3) is 0.312. The summed E-state index contributed by atoms with van der Waals surface area (Å²) in [6.45, 7) is 2.43. The molecule has 2 rings (SSSR count). The maximum Gasteiger partial charge on any atom is 0.405 e. The van der Waals surface area contributed by atoms with Crippen molar-refractivity contribution in [2.24, 2.45) is 0 Å². The Labute approximate surface area is 121 Å². The summed E-state index contributed by atoms with van der Waals surface area (Å²) in [5.41, 5.74) is 0.960. The number of halogens is 3. The van der Waals surface area contributed by atoms with Gasteiger partial charge in [0, 0.05) is 22.5 Å². The summed E-state index contributed by atoms with van der Waals surface area (Å²) in [4.78, 5) is 1.31. The number of nitrogens with zero attached hydrogens (tertiary/aromatic N) is 2. The van der Waals surface area contributed by atoms with Gasteiger partial charge in [-0.2, -0.15) is 18.4 Å². The zero-order valence-electron chi connectivity index (χ0n) is 11.8. The first kappa shape index (κ1) is 15.2. The molecule has 0 amide bonds. The van der Waals surface area contributed by atoms with Crippen molar-refractivity contribution >= 4 is 16.5 Å². The predicted molar refractivity (Wildman–Crippen MR) is 77.2 cm³/mol. The predicted octanol–water partition coefficient (Wildman–Crippen LogP) is 4.49. The number of alkyl halides is 3. The van der Waals surface area contributed by atoms with Crippen molar-refractivity contribution in [3.05, 3.63) is 42.0 Å². The van der Waals surface area contributed by atoms with Gasteiger partial charge in [0.15, 0.2) is 0 Å². The molecule has 0 fully saturated rings. The van der Waals surface area contributed by atoms with Crippen molar-refractivity contribution in [3.63, 3.8) is 0 Å². The smallest absolute Gasteiger partial charge is 0.360 e. The molecule has 0 saturated carbocycles. The molecule has 0 N–H and O–H groups in total. The van der Waals surface area contributed by atoms with Crippen LogP contribution in [-0.2, 0) is 0 Å². The summed E-state index contributed by atoms with van der Waals surface area (Å²) in [6, 6.07) is 12.0. The van der Waals surface area contributed by atoms with Gasteiger partial charge < -0.3 is 4.90 Å². The van der Waals surface area contributed by atoms with Gasteiger partial charge in [-0.3, -0.25) is 0 Å². The van der Waals surface area contributed by atoms with E-state index in [2.05, 4.69) is 6.07 Å². The molecule has 0 aromatic heterocycles. The molecule has 0 aliphatic heterocycles. The van der Waals surface area contributed by atoms with Crippen LogP contribution in [-0.4, -0.2) is 18.8 Å². The van der Waals surface area contributed by atoms with Gasteiger partial charge in [-0.05, 0) is 26.0 Å². The second kappa shape index (κ2) is 5.65. The second-order valence-electron chi connectivity index (χ2n) is 5.13. The highest BCUT2D eigenvalue weighted by Gasteiger charge is 2.32. The largest absolute Gasteiger partial charge is 0.405 e. The Bertz CT molecular complexity index is 684. The molecule has 0 atom stereocenters. The Balaban J connectivity index is 2.62. The molecule has 0 unspecified atom stereocenters. The minimum atomic E-state index is -4.28. The Hall–Kier alpha value is -2.22. The lowest BCUT2D eigenvalue weighted by Crippen LogP contribution is -2.39. The highest BCUT2D eigenvalue weighted by Crippen LogP contribution is 2.32. The zero-order valence-corrected chi connectivity index (χ0v) is 11.8. The standard InChI is InChI=1S/C16H15F3N2/c1-11(2)21(10-16(17,18)19)15-8-7-12(9-20)13-5-3-4-6-14(13)15/h3-8,11H,10H2,1-2H3. The summed E-state index contributed by atoms with van der Waals surface area (Å²) in [6.07, 6.45) is -4.28. The average Bonchev–Trinajstić information content (AvgIpc) is 2.42. The molecule has 5 heteroatoms. The Kier molecular flexibility index (Phi) is 4.08. The molecule has 0 saturated heterocycles. The maximum absolute atomic E-state index is 12.8. The van der Waals surface area contributed by atoms with Crippen LogP contribution in [0, 0.1) is 11.3 Å². The monoisotopic (exact) mass is 292 g/mol. The number of rotatable bonds is 3. The molecule has 2 aromatic carbocycles. The third-order valence-electron chi connectivity index (χ3n) is 3.30. The Morgan fingerprint density at radius 3 is 2.24 bits per heavy atom. The molecule has 2 nitrogen and oxygen atoms in total. The van der Waals surface area contributed by atoms with E-state index >= 15 is 0 Å². The molecule has 0 radical (unpaired) electrons. The zero-order chi connectivity index (χ0) is 15.6. The summed E-state index contributed by atoms with van der Waals surface area (Å²) in [5.74, 6) is 0. The maximum atomic E-state index is 12.8. The van der Waals surface area contributed by atoms with Gasteiger partial charge in [0.2, 0.25) is 0 Å². The van der Waals surface area contributed by atoms with Gasteiger partial charge in [0.05, 0.1) is 11.6 Å². The first-order chi connectivity index (χ1) is 9.83. The van der Waals surface area contributed by atoms with Gasteiger partial charge in [-0.15, -0.1) is 0 Å². The van der Waals surface area contributed by atoms with E-state index in [0.717, 1.165) is 0 Å². The van der Waals surface area contributed by atoms with E-state index in [0.29, 0.717) is 22.0 Å².